The molecule has 0 heterocycles. The highest BCUT2D eigenvalue weighted by molar-refractivity contribution is 8.00. The number of carbonyl (C=O) groups is 1. The van der Waals surface area contributed by atoms with Crippen LogP contribution in [0.3, 0.4) is 0 Å². The molecule has 0 bridgehead atoms. The molecule has 3 nitrogen and oxygen atoms in total. The number of hydrogen-bond donors (Lipinski definition) is 1. The van der Waals surface area contributed by atoms with E-state index in [1.54, 1.807) is 24.3 Å². The second kappa shape index (κ2) is 9.06. The van der Waals surface area contributed by atoms with Crippen LogP contribution in [-0.2, 0) is 4.79 Å². The Balaban J connectivity index is 1.69. The van der Waals surface area contributed by atoms with E-state index in [9.17, 15) is 4.79 Å². The van der Waals surface area contributed by atoms with E-state index in [4.69, 9.17) is 27.9 Å². The average Bonchev–Trinajstić information content (AvgIpc) is 2.55. The third-order valence-corrected chi connectivity index (χ3v) is 4.60. The van der Waals surface area contributed by atoms with E-state index in [2.05, 4.69) is 5.32 Å². The summed E-state index contributed by atoms with van der Waals surface area (Å²) in [5, 5.41) is 4.02. The van der Waals surface area contributed by atoms with E-state index in [0.29, 0.717) is 23.2 Å². The Morgan fingerprint density at radius 3 is 2.26 bits per heavy atom. The van der Waals surface area contributed by atoms with Gasteiger partial charge in [-0.05, 0) is 55.5 Å². The number of carbonyl (C=O) groups excluding carboxylic acids is 1. The number of nitrogens with one attached hydrogen (secondary N) is 1. The number of thioether (sulfide) groups is 1. The van der Waals surface area contributed by atoms with Crippen LogP contribution in [0.15, 0.2) is 53.4 Å². The number of halogens is 2. The minimum absolute atomic E-state index is 0.0235. The van der Waals surface area contributed by atoms with E-state index >= 15 is 0 Å². The second-order valence-corrected chi connectivity index (χ2v) is 7.09. The van der Waals surface area contributed by atoms with Crippen LogP contribution >= 0.6 is 35.0 Å². The molecule has 23 heavy (non-hydrogen) atoms. The third-order valence-electron chi connectivity index (χ3n) is 2.98. The molecule has 2 aromatic carbocycles. The van der Waals surface area contributed by atoms with Crippen molar-refractivity contribution in [3.05, 3.63) is 58.6 Å². The fourth-order valence-electron chi connectivity index (χ4n) is 1.79. The Bertz CT molecular complexity index is 632. The van der Waals surface area contributed by atoms with E-state index in [1.807, 2.05) is 31.2 Å². The molecule has 0 radical (unpaired) electrons. The Hall–Kier alpha value is -1.36. The molecule has 0 aliphatic carbocycles. The predicted octanol–water partition coefficient (Wildman–Crippen LogP) is 4.67. The first-order chi connectivity index (χ1) is 11.0. The molecule has 1 atom stereocenters. The maximum Gasteiger partial charge on any atom is 0.233 e. The SMILES string of the molecule is C[C@H](Sc1ccc(Cl)cc1)C(=O)NCCOc1ccc(Cl)cc1. The Labute approximate surface area is 150 Å². The molecule has 1 amide bonds. The quantitative estimate of drug-likeness (QED) is 0.569. The lowest BCUT2D eigenvalue weighted by Crippen LogP contribution is -2.33. The van der Waals surface area contributed by atoms with Crippen molar-refractivity contribution in [2.75, 3.05) is 13.2 Å². The zero-order chi connectivity index (χ0) is 16.7. The van der Waals surface area contributed by atoms with Crippen molar-refractivity contribution < 1.29 is 9.53 Å². The Morgan fingerprint density at radius 2 is 1.65 bits per heavy atom. The molecule has 0 aromatic heterocycles. The molecule has 0 aliphatic heterocycles. The highest BCUT2D eigenvalue weighted by Gasteiger charge is 2.13. The summed E-state index contributed by atoms with van der Waals surface area (Å²) in [5.41, 5.74) is 0. The normalized spacial score (nSPS) is 11.8. The molecule has 2 rings (SSSR count). The summed E-state index contributed by atoms with van der Waals surface area (Å²) in [6.07, 6.45) is 0. The van der Waals surface area contributed by atoms with Gasteiger partial charge in [0.05, 0.1) is 11.8 Å². The van der Waals surface area contributed by atoms with Gasteiger partial charge in [-0.1, -0.05) is 23.2 Å². The van der Waals surface area contributed by atoms with Crippen LogP contribution in [0.4, 0.5) is 0 Å². The van der Waals surface area contributed by atoms with Gasteiger partial charge < -0.3 is 10.1 Å². The van der Waals surface area contributed by atoms with Crippen LogP contribution in [0.5, 0.6) is 5.75 Å². The zero-order valence-electron chi connectivity index (χ0n) is 12.6. The lowest BCUT2D eigenvalue weighted by Gasteiger charge is -2.12. The van der Waals surface area contributed by atoms with E-state index < -0.39 is 0 Å². The maximum atomic E-state index is 12.0. The summed E-state index contributed by atoms with van der Waals surface area (Å²) in [6, 6.07) is 14.6. The summed E-state index contributed by atoms with van der Waals surface area (Å²) in [6.45, 7) is 2.73. The minimum atomic E-state index is -0.188. The summed E-state index contributed by atoms with van der Waals surface area (Å²) in [4.78, 5) is 13.0. The summed E-state index contributed by atoms with van der Waals surface area (Å²) >= 11 is 13.1. The summed E-state index contributed by atoms with van der Waals surface area (Å²) < 4.78 is 5.53. The fourth-order valence-corrected chi connectivity index (χ4v) is 2.93. The first-order valence-corrected chi connectivity index (χ1v) is 8.76. The van der Waals surface area contributed by atoms with Crippen molar-refractivity contribution in [2.24, 2.45) is 0 Å². The maximum absolute atomic E-state index is 12.0. The number of hydrogen-bond acceptors (Lipinski definition) is 3. The average molecular weight is 370 g/mol. The van der Waals surface area contributed by atoms with Gasteiger partial charge in [-0.2, -0.15) is 0 Å². The minimum Gasteiger partial charge on any atom is -0.492 e. The van der Waals surface area contributed by atoms with Gasteiger partial charge in [0.1, 0.15) is 12.4 Å². The number of amides is 1. The monoisotopic (exact) mass is 369 g/mol. The van der Waals surface area contributed by atoms with Crippen LogP contribution in [0.25, 0.3) is 0 Å². The van der Waals surface area contributed by atoms with Crippen LogP contribution < -0.4 is 10.1 Å². The van der Waals surface area contributed by atoms with Gasteiger partial charge in [0.25, 0.3) is 0 Å². The number of ether oxygens (including phenoxy) is 1. The molecule has 122 valence electrons. The molecular weight excluding hydrogens is 353 g/mol. The predicted molar refractivity (Wildman–Crippen MR) is 96.7 cm³/mol. The van der Waals surface area contributed by atoms with Crippen molar-refractivity contribution in [1.29, 1.82) is 0 Å². The van der Waals surface area contributed by atoms with Gasteiger partial charge in [-0.25, -0.2) is 0 Å². The molecule has 0 aliphatic rings. The summed E-state index contributed by atoms with van der Waals surface area (Å²) in [5.74, 6) is 0.705. The van der Waals surface area contributed by atoms with Crippen molar-refractivity contribution >= 4 is 40.9 Å². The van der Waals surface area contributed by atoms with Crippen LogP contribution in [0.1, 0.15) is 6.92 Å². The molecule has 0 saturated heterocycles. The second-order valence-electron chi connectivity index (χ2n) is 4.81. The van der Waals surface area contributed by atoms with Gasteiger partial charge in [0.2, 0.25) is 5.91 Å². The molecule has 6 heteroatoms. The van der Waals surface area contributed by atoms with Crippen molar-refractivity contribution in [2.45, 2.75) is 17.1 Å². The smallest absolute Gasteiger partial charge is 0.233 e. The highest BCUT2D eigenvalue weighted by Crippen LogP contribution is 2.24. The van der Waals surface area contributed by atoms with Gasteiger partial charge in [-0.15, -0.1) is 11.8 Å². The first kappa shape index (κ1) is 18.0. The topological polar surface area (TPSA) is 38.3 Å². The van der Waals surface area contributed by atoms with Crippen LogP contribution in [0, 0.1) is 0 Å². The molecule has 1 N–H and O–H groups in total. The zero-order valence-corrected chi connectivity index (χ0v) is 14.9. The molecule has 0 fully saturated rings. The summed E-state index contributed by atoms with van der Waals surface area (Å²) in [7, 11) is 0. The molecule has 0 unspecified atom stereocenters. The van der Waals surface area contributed by atoms with E-state index in [-0.39, 0.29) is 11.2 Å². The van der Waals surface area contributed by atoms with E-state index in [1.165, 1.54) is 11.8 Å². The highest BCUT2D eigenvalue weighted by atomic mass is 35.5. The van der Waals surface area contributed by atoms with Gasteiger partial charge in [-0.3, -0.25) is 4.79 Å². The molecule has 0 saturated carbocycles. The van der Waals surface area contributed by atoms with E-state index in [0.717, 1.165) is 10.6 Å². The largest absolute Gasteiger partial charge is 0.492 e. The van der Waals surface area contributed by atoms with Gasteiger partial charge in [0.15, 0.2) is 0 Å². The lowest BCUT2D eigenvalue weighted by molar-refractivity contribution is -0.120. The Kier molecular flexibility index (Phi) is 7.09. The number of rotatable bonds is 7. The number of benzene rings is 2. The van der Waals surface area contributed by atoms with Gasteiger partial charge in [0, 0.05) is 14.9 Å². The van der Waals surface area contributed by atoms with Gasteiger partial charge >= 0.3 is 0 Å². The molecule has 2 aromatic rings. The fraction of sp³-hybridized carbons (Fsp3) is 0.235. The first-order valence-electron chi connectivity index (χ1n) is 7.13. The molecular formula is C17H17Cl2NO2S. The standard InChI is InChI=1S/C17H17Cl2NO2S/c1-12(23-16-8-4-14(19)5-9-16)17(21)20-10-11-22-15-6-2-13(18)3-7-15/h2-9,12H,10-11H2,1H3,(H,20,21)/t12-/m0/s1. The third kappa shape index (κ3) is 6.34. The Morgan fingerprint density at radius 1 is 1.09 bits per heavy atom. The van der Waals surface area contributed by atoms with Crippen LogP contribution in [-0.4, -0.2) is 24.3 Å². The molecule has 0 spiro atoms. The van der Waals surface area contributed by atoms with Crippen molar-refractivity contribution in [3.8, 4) is 5.75 Å². The van der Waals surface area contributed by atoms with Crippen molar-refractivity contribution in [3.63, 3.8) is 0 Å². The van der Waals surface area contributed by atoms with Crippen molar-refractivity contribution in [1.82, 2.24) is 5.32 Å². The lowest BCUT2D eigenvalue weighted by atomic mass is 10.3. The van der Waals surface area contributed by atoms with Crippen LogP contribution in [0.2, 0.25) is 10.0 Å².